The Hall–Kier alpha value is -0.760. The third-order valence-corrected chi connectivity index (χ3v) is 2.84. The zero-order valence-electron chi connectivity index (χ0n) is 8.12. The van der Waals surface area contributed by atoms with Gasteiger partial charge in [0.1, 0.15) is 5.76 Å². The van der Waals surface area contributed by atoms with Crippen molar-refractivity contribution in [2.45, 2.75) is 38.8 Å². The lowest BCUT2D eigenvalue weighted by molar-refractivity contribution is 0.439. The first kappa shape index (κ1) is 8.82. The van der Waals surface area contributed by atoms with E-state index in [0.29, 0.717) is 6.04 Å². The van der Waals surface area contributed by atoms with Crippen LogP contribution in [0, 0.1) is 5.92 Å². The van der Waals surface area contributed by atoms with Crippen LogP contribution in [0.1, 0.15) is 31.9 Å². The van der Waals surface area contributed by atoms with Gasteiger partial charge in [0, 0.05) is 6.04 Å². The minimum absolute atomic E-state index is 0.708. The molecule has 2 nitrogen and oxygen atoms in total. The van der Waals surface area contributed by atoms with Crippen molar-refractivity contribution in [1.82, 2.24) is 5.32 Å². The predicted molar refractivity (Wildman–Crippen MR) is 52.4 cm³/mol. The van der Waals surface area contributed by atoms with Crippen molar-refractivity contribution in [3.63, 3.8) is 0 Å². The normalized spacial score (nSPS) is 28.1. The third-order valence-electron chi connectivity index (χ3n) is 2.84. The lowest BCUT2D eigenvalue weighted by Crippen LogP contribution is -2.25. The van der Waals surface area contributed by atoms with Crippen molar-refractivity contribution in [2.24, 2.45) is 5.92 Å². The molecule has 72 valence electrons. The van der Waals surface area contributed by atoms with Crippen LogP contribution in [-0.2, 0) is 6.54 Å². The average molecular weight is 179 g/mol. The number of nitrogens with one attached hydrogen (secondary N) is 1. The predicted octanol–water partition coefficient (Wildman–Crippen LogP) is 2.56. The standard InChI is InChI=1S/C11H17NO/c1-9-4-5-10(7-9)12-8-11-3-2-6-13-11/h2-3,6,9-10,12H,4-5,7-8H2,1H3/t9-,10-/m1/s1. The highest BCUT2D eigenvalue weighted by Gasteiger charge is 2.20. The number of hydrogen-bond acceptors (Lipinski definition) is 2. The zero-order valence-corrected chi connectivity index (χ0v) is 8.12. The molecule has 0 saturated heterocycles. The summed E-state index contributed by atoms with van der Waals surface area (Å²) in [6.07, 6.45) is 5.74. The summed E-state index contributed by atoms with van der Waals surface area (Å²) >= 11 is 0. The van der Waals surface area contributed by atoms with Crippen LogP contribution in [0.4, 0.5) is 0 Å². The second-order valence-electron chi connectivity index (χ2n) is 4.08. The number of rotatable bonds is 3. The van der Waals surface area contributed by atoms with Crippen molar-refractivity contribution in [3.05, 3.63) is 24.2 Å². The van der Waals surface area contributed by atoms with E-state index >= 15 is 0 Å². The highest BCUT2D eigenvalue weighted by atomic mass is 16.3. The van der Waals surface area contributed by atoms with Gasteiger partial charge < -0.3 is 9.73 Å². The maximum Gasteiger partial charge on any atom is 0.117 e. The number of furan rings is 1. The second-order valence-corrected chi connectivity index (χ2v) is 4.08. The van der Waals surface area contributed by atoms with Gasteiger partial charge in [0.2, 0.25) is 0 Å². The molecular formula is C11H17NO. The molecule has 1 saturated carbocycles. The Morgan fingerprint density at radius 2 is 2.46 bits per heavy atom. The molecule has 2 atom stereocenters. The van der Waals surface area contributed by atoms with Gasteiger partial charge in [-0.15, -0.1) is 0 Å². The maximum absolute atomic E-state index is 5.26. The minimum Gasteiger partial charge on any atom is -0.468 e. The van der Waals surface area contributed by atoms with Crippen LogP contribution in [0.5, 0.6) is 0 Å². The summed E-state index contributed by atoms with van der Waals surface area (Å²) in [5.74, 6) is 1.94. The van der Waals surface area contributed by atoms with Crippen molar-refractivity contribution < 1.29 is 4.42 Å². The molecule has 0 radical (unpaired) electrons. The SMILES string of the molecule is C[C@@H]1CC[C@@H](NCc2ccco2)C1. The lowest BCUT2D eigenvalue weighted by atomic mass is 10.1. The fraction of sp³-hybridized carbons (Fsp3) is 0.636. The molecule has 0 unspecified atom stereocenters. The summed E-state index contributed by atoms with van der Waals surface area (Å²) in [7, 11) is 0. The van der Waals surface area contributed by atoms with Crippen molar-refractivity contribution in [1.29, 1.82) is 0 Å². The van der Waals surface area contributed by atoms with E-state index in [1.807, 2.05) is 12.1 Å². The Morgan fingerprint density at radius 3 is 3.08 bits per heavy atom. The monoisotopic (exact) mass is 179 g/mol. The van der Waals surface area contributed by atoms with E-state index in [1.165, 1.54) is 19.3 Å². The van der Waals surface area contributed by atoms with Crippen LogP contribution in [0.25, 0.3) is 0 Å². The molecule has 0 aliphatic heterocycles. The Morgan fingerprint density at radius 1 is 1.54 bits per heavy atom. The summed E-state index contributed by atoms with van der Waals surface area (Å²) in [6, 6.07) is 4.67. The van der Waals surface area contributed by atoms with Gasteiger partial charge in [0.15, 0.2) is 0 Å². The maximum atomic E-state index is 5.26. The van der Waals surface area contributed by atoms with Crippen molar-refractivity contribution in [2.75, 3.05) is 0 Å². The highest BCUT2D eigenvalue weighted by Crippen LogP contribution is 2.24. The fourth-order valence-corrected chi connectivity index (χ4v) is 2.05. The largest absolute Gasteiger partial charge is 0.468 e. The van der Waals surface area contributed by atoms with E-state index in [1.54, 1.807) is 6.26 Å². The molecule has 13 heavy (non-hydrogen) atoms. The molecule has 1 aliphatic carbocycles. The molecule has 2 rings (SSSR count). The molecule has 0 bridgehead atoms. The van der Waals surface area contributed by atoms with Crippen LogP contribution in [0.3, 0.4) is 0 Å². The van der Waals surface area contributed by atoms with Gasteiger partial charge >= 0.3 is 0 Å². The van der Waals surface area contributed by atoms with E-state index in [0.717, 1.165) is 18.2 Å². The molecule has 1 N–H and O–H groups in total. The van der Waals surface area contributed by atoms with Gasteiger partial charge in [0.25, 0.3) is 0 Å². The van der Waals surface area contributed by atoms with Crippen LogP contribution in [0.15, 0.2) is 22.8 Å². The molecular weight excluding hydrogens is 162 g/mol. The first-order chi connectivity index (χ1) is 6.34. The Kier molecular flexibility index (Phi) is 2.69. The molecule has 1 aliphatic rings. The van der Waals surface area contributed by atoms with Crippen molar-refractivity contribution >= 4 is 0 Å². The van der Waals surface area contributed by atoms with E-state index in [4.69, 9.17) is 4.42 Å². The Labute approximate surface area is 79.3 Å². The third kappa shape index (κ3) is 2.34. The Bertz CT molecular complexity index is 243. The van der Waals surface area contributed by atoms with E-state index < -0.39 is 0 Å². The summed E-state index contributed by atoms with van der Waals surface area (Å²) in [5.41, 5.74) is 0. The van der Waals surface area contributed by atoms with E-state index in [-0.39, 0.29) is 0 Å². The summed E-state index contributed by atoms with van der Waals surface area (Å²) in [4.78, 5) is 0. The van der Waals surface area contributed by atoms with Crippen molar-refractivity contribution in [3.8, 4) is 0 Å². The second kappa shape index (κ2) is 3.97. The zero-order chi connectivity index (χ0) is 9.10. The summed E-state index contributed by atoms with van der Waals surface area (Å²) < 4.78 is 5.26. The minimum atomic E-state index is 0.708. The van der Waals surface area contributed by atoms with Gasteiger partial charge in [-0.3, -0.25) is 0 Å². The number of hydrogen-bond donors (Lipinski definition) is 1. The van der Waals surface area contributed by atoms with Crippen LogP contribution in [-0.4, -0.2) is 6.04 Å². The van der Waals surface area contributed by atoms with Gasteiger partial charge in [-0.1, -0.05) is 6.92 Å². The first-order valence-electron chi connectivity index (χ1n) is 5.10. The molecule has 2 heteroatoms. The van der Waals surface area contributed by atoms with Gasteiger partial charge in [-0.25, -0.2) is 0 Å². The molecule has 0 spiro atoms. The lowest BCUT2D eigenvalue weighted by Gasteiger charge is -2.10. The molecule has 1 fully saturated rings. The van der Waals surface area contributed by atoms with Gasteiger partial charge in [-0.2, -0.15) is 0 Å². The summed E-state index contributed by atoms with van der Waals surface area (Å²) in [5, 5.41) is 3.52. The van der Waals surface area contributed by atoms with Gasteiger partial charge in [-0.05, 0) is 37.3 Å². The van der Waals surface area contributed by atoms with Gasteiger partial charge in [0.05, 0.1) is 12.8 Å². The summed E-state index contributed by atoms with van der Waals surface area (Å²) in [6.45, 7) is 3.21. The van der Waals surface area contributed by atoms with Crippen LogP contribution >= 0.6 is 0 Å². The molecule has 0 aromatic carbocycles. The molecule has 1 aromatic heterocycles. The first-order valence-corrected chi connectivity index (χ1v) is 5.10. The fourth-order valence-electron chi connectivity index (χ4n) is 2.05. The van der Waals surface area contributed by atoms with E-state index in [2.05, 4.69) is 12.2 Å². The Balaban J connectivity index is 1.74. The molecule has 0 amide bonds. The highest BCUT2D eigenvalue weighted by molar-refractivity contribution is 4.98. The smallest absolute Gasteiger partial charge is 0.117 e. The average Bonchev–Trinajstić information content (AvgIpc) is 2.71. The quantitative estimate of drug-likeness (QED) is 0.771. The topological polar surface area (TPSA) is 25.2 Å². The molecule has 1 aromatic rings. The van der Waals surface area contributed by atoms with Crippen LogP contribution < -0.4 is 5.32 Å². The van der Waals surface area contributed by atoms with E-state index in [9.17, 15) is 0 Å². The molecule has 1 heterocycles. The van der Waals surface area contributed by atoms with Crippen LogP contribution in [0.2, 0.25) is 0 Å².